The standard InChI is InChI=1S/C20H25N3/c1-12(2)18-20(22-19-14(4)8-7-9-15(19)5)23-16(6)10-13(3)11-17(23)21-18/h7-12,22H,1-6H3. The molecular weight excluding hydrogens is 282 g/mol. The average Bonchev–Trinajstić information content (AvgIpc) is 2.81. The van der Waals surface area contributed by atoms with Crippen LogP contribution in [-0.2, 0) is 0 Å². The summed E-state index contributed by atoms with van der Waals surface area (Å²) in [5.74, 6) is 1.45. The fourth-order valence-electron chi connectivity index (χ4n) is 3.20. The van der Waals surface area contributed by atoms with Gasteiger partial charge >= 0.3 is 0 Å². The summed E-state index contributed by atoms with van der Waals surface area (Å²) in [7, 11) is 0. The zero-order valence-corrected chi connectivity index (χ0v) is 14.9. The Morgan fingerprint density at radius 2 is 1.65 bits per heavy atom. The van der Waals surface area contributed by atoms with Gasteiger partial charge in [0.15, 0.2) is 0 Å². The number of rotatable bonds is 3. The zero-order valence-electron chi connectivity index (χ0n) is 14.9. The lowest BCUT2D eigenvalue weighted by Crippen LogP contribution is -2.04. The van der Waals surface area contributed by atoms with E-state index in [2.05, 4.69) is 81.6 Å². The molecule has 3 aromatic rings. The minimum Gasteiger partial charge on any atom is -0.339 e. The van der Waals surface area contributed by atoms with Gasteiger partial charge in [0.25, 0.3) is 0 Å². The van der Waals surface area contributed by atoms with Gasteiger partial charge in [-0.1, -0.05) is 32.0 Å². The average molecular weight is 307 g/mol. The van der Waals surface area contributed by atoms with E-state index in [1.807, 2.05) is 0 Å². The molecule has 2 aromatic heterocycles. The molecule has 0 radical (unpaired) electrons. The maximum atomic E-state index is 4.89. The largest absolute Gasteiger partial charge is 0.339 e. The van der Waals surface area contributed by atoms with Crippen molar-refractivity contribution < 1.29 is 0 Å². The molecule has 23 heavy (non-hydrogen) atoms. The van der Waals surface area contributed by atoms with Crippen molar-refractivity contribution in [1.29, 1.82) is 0 Å². The first-order chi connectivity index (χ1) is 10.9. The smallest absolute Gasteiger partial charge is 0.139 e. The Morgan fingerprint density at radius 3 is 2.26 bits per heavy atom. The van der Waals surface area contributed by atoms with Crippen molar-refractivity contribution in [2.45, 2.75) is 47.5 Å². The number of imidazole rings is 1. The predicted molar refractivity (Wildman–Crippen MR) is 98.0 cm³/mol. The molecule has 120 valence electrons. The van der Waals surface area contributed by atoms with Crippen molar-refractivity contribution in [1.82, 2.24) is 9.38 Å². The van der Waals surface area contributed by atoms with E-state index in [9.17, 15) is 0 Å². The summed E-state index contributed by atoms with van der Waals surface area (Å²) in [6.07, 6.45) is 0. The minimum absolute atomic E-state index is 0.362. The normalized spacial score (nSPS) is 11.4. The van der Waals surface area contributed by atoms with Crippen LogP contribution in [0, 0.1) is 27.7 Å². The van der Waals surface area contributed by atoms with Crippen molar-refractivity contribution in [2.24, 2.45) is 0 Å². The van der Waals surface area contributed by atoms with E-state index in [0.29, 0.717) is 5.92 Å². The number of pyridine rings is 1. The van der Waals surface area contributed by atoms with Gasteiger partial charge in [-0.05, 0) is 62.4 Å². The monoisotopic (exact) mass is 307 g/mol. The molecular formula is C20H25N3. The Kier molecular flexibility index (Phi) is 3.88. The first-order valence-corrected chi connectivity index (χ1v) is 8.21. The van der Waals surface area contributed by atoms with Crippen molar-refractivity contribution >= 4 is 17.2 Å². The molecule has 3 nitrogen and oxygen atoms in total. The molecule has 1 N–H and O–H groups in total. The molecule has 0 aliphatic heterocycles. The highest BCUT2D eigenvalue weighted by molar-refractivity contribution is 5.69. The van der Waals surface area contributed by atoms with Gasteiger partial charge in [-0.2, -0.15) is 0 Å². The third-order valence-electron chi connectivity index (χ3n) is 4.35. The summed E-state index contributed by atoms with van der Waals surface area (Å²) in [6, 6.07) is 10.7. The Labute approximate surface area is 138 Å². The second-order valence-electron chi connectivity index (χ2n) is 6.76. The SMILES string of the molecule is Cc1cc(C)n2c(Nc3c(C)cccc3C)c(C(C)C)nc2c1. The van der Waals surface area contributed by atoms with Crippen LogP contribution in [0.5, 0.6) is 0 Å². The Hall–Kier alpha value is -2.29. The lowest BCUT2D eigenvalue weighted by molar-refractivity contribution is 0.836. The van der Waals surface area contributed by atoms with Crippen LogP contribution < -0.4 is 5.32 Å². The number of para-hydroxylation sites is 1. The Bertz CT molecular complexity index is 852. The maximum absolute atomic E-state index is 4.89. The van der Waals surface area contributed by atoms with Crippen molar-refractivity contribution in [3.8, 4) is 0 Å². The first-order valence-electron chi connectivity index (χ1n) is 8.21. The summed E-state index contributed by atoms with van der Waals surface area (Å²) < 4.78 is 2.23. The van der Waals surface area contributed by atoms with Crippen LogP contribution in [0.2, 0.25) is 0 Å². The summed E-state index contributed by atoms with van der Waals surface area (Å²) in [5.41, 5.74) is 8.25. The molecule has 3 rings (SSSR count). The second kappa shape index (κ2) is 5.73. The Balaban J connectivity index is 2.25. The Morgan fingerprint density at radius 1 is 1.00 bits per heavy atom. The number of aromatic nitrogens is 2. The molecule has 0 saturated carbocycles. The number of nitrogens with zero attached hydrogens (tertiary/aromatic N) is 2. The summed E-state index contributed by atoms with van der Waals surface area (Å²) in [4.78, 5) is 4.89. The van der Waals surface area contributed by atoms with Gasteiger partial charge in [-0.25, -0.2) is 4.98 Å². The number of benzene rings is 1. The molecule has 0 amide bonds. The van der Waals surface area contributed by atoms with Crippen LogP contribution in [-0.4, -0.2) is 9.38 Å². The van der Waals surface area contributed by atoms with E-state index in [1.54, 1.807) is 0 Å². The van der Waals surface area contributed by atoms with Gasteiger partial charge in [-0.3, -0.25) is 4.40 Å². The van der Waals surface area contributed by atoms with Gasteiger partial charge in [0.2, 0.25) is 0 Å². The van der Waals surface area contributed by atoms with Crippen molar-refractivity contribution in [3.05, 3.63) is 58.4 Å². The van der Waals surface area contributed by atoms with E-state index in [4.69, 9.17) is 4.98 Å². The number of hydrogen-bond acceptors (Lipinski definition) is 2. The minimum atomic E-state index is 0.362. The molecule has 0 saturated heterocycles. The summed E-state index contributed by atoms with van der Waals surface area (Å²) >= 11 is 0. The van der Waals surface area contributed by atoms with Crippen LogP contribution >= 0.6 is 0 Å². The number of anilines is 2. The highest BCUT2D eigenvalue weighted by atomic mass is 15.1. The van der Waals surface area contributed by atoms with E-state index >= 15 is 0 Å². The van der Waals surface area contributed by atoms with Crippen LogP contribution in [0.4, 0.5) is 11.5 Å². The molecule has 1 aromatic carbocycles. The molecule has 0 bridgehead atoms. The van der Waals surface area contributed by atoms with Gasteiger partial charge < -0.3 is 5.32 Å². The van der Waals surface area contributed by atoms with Crippen molar-refractivity contribution in [3.63, 3.8) is 0 Å². The number of fused-ring (bicyclic) bond motifs is 1. The predicted octanol–water partition coefficient (Wildman–Crippen LogP) is 5.43. The molecule has 2 heterocycles. The van der Waals surface area contributed by atoms with Gasteiger partial charge in [-0.15, -0.1) is 0 Å². The maximum Gasteiger partial charge on any atom is 0.139 e. The third-order valence-corrected chi connectivity index (χ3v) is 4.35. The van der Waals surface area contributed by atoms with Crippen LogP contribution in [0.1, 0.15) is 47.8 Å². The highest BCUT2D eigenvalue weighted by Gasteiger charge is 2.18. The van der Waals surface area contributed by atoms with Crippen LogP contribution in [0.3, 0.4) is 0 Å². The molecule has 0 aliphatic rings. The van der Waals surface area contributed by atoms with Crippen molar-refractivity contribution in [2.75, 3.05) is 5.32 Å². The van der Waals surface area contributed by atoms with Gasteiger partial charge in [0.05, 0.1) is 5.69 Å². The van der Waals surface area contributed by atoms with E-state index < -0.39 is 0 Å². The van der Waals surface area contributed by atoms with Gasteiger partial charge in [0, 0.05) is 11.4 Å². The summed E-state index contributed by atoms with van der Waals surface area (Å²) in [5, 5.41) is 3.67. The van der Waals surface area contributed by atoms with E-state index in [1.165, 1.54) is 28.1 Å². The second-order valence-corrected chi connectivity index (χ2v) is 6.76. The molecule has 0 atom stereocenters. The first kappa shape index (κ1) is 15.6. The molecule has 3 heteroatoms. The van der Waals surface area contributed by atoms with Crippen LogP contribution in [0.15, 0.2) is 30.3 Å². The number of aryl methyl sites for hydroxylation is 4. The fraction of sp³-hybridized carbons (Fsp3) is 0.350. The highest BCUT2D eigenvalue weighted by Crippen LogP contribution is 2.32. The topological polar surface area (TPSA) is 29.3 Å². The lowest BCUT2D eigenvalue weighted by Gasteiger charge is -2.16. The number of nitrogens with one attached hydrogen (secondary N) is 1. The molecule has 0 spiro atoms. The summed E-state index contributed by atoms with van der Waals surface area (Å²) in [6.45, 7) is 12.9. The van der Waals surface area contributed by atoms with Crippen LogP contribution in [0.25, 0.3) is 5.65 Å². The zero-order chi connectivity index (χ0) is 16.7. The molecule has 0 fully saturated rings. The lowest BCUT2D eigenvalue weighted by atomic mass is 10.1. The third kappa shape index (κ3) is 2.72. The molecule has 0 aliphatic carbocycles. The number of hydrogen-bond donors (Lipinski definition) is 1. The quantitative estimate of drug-likeness (QED) is 0.698. The van der Waals surface area contributed by atoms with E-state index in [-0.39, 0.29) is 0 Å². The fourth-order valence-corrected chi connectivity index (χ4v) is 3.20. The van der Waals surface area contributed by atoms with Gasteiger partial charge in [0.1, 0.15) is 11.5 Å². The molecule has 0 unspecified atom stereocenters. The van der Waals surface area contributed by atoms with E-state index in [0.717, 1.165) is 17.2 Å².